The number of benzene rings is 2. The molecule has 4 heterocycles. The number of carbonyl (C=O) groups excluding carboxylic acids is 1. The van der Waals surface area contributed by atoms with Crippen LogP contribution in [0, 0.1) is 18.8 Å². The Morgan fingerprint density at radius 2 is 1.98 bits per heavy atom. The Hall–Kier alpha value is -5.23. The molecule has 0 bridgehead atoms. The van der Waals surface area contributed by atoms with E-state index in [9.17, 15) is 4.79 Å². The van der Waals surface area contributed by atoms with Crippen molar-refractivity contribution in [2.24, 2.45) is 18.9 Å². The second-order valence-corrected chi connectivity index (χ2v) is 11.6. The molecule has 1 aliphatic carbocycles. The lowest BCUT2D eigenvalue weighted by Gasteiger charge is -2.27. The monoisotopic (exact) mass is 608 g/mol. The molecule has 1 aliphatic heterocycles. The third kappa shape index (κ3) is 5.06. The van der Waals surface area contributed by atoms with Crippen molar-refractivity contribution in [2.75, 3.05) is 49.8 Å². The van der Waals surface area contributed by atoms with Crippen LogP contribution in [0.2, 0.25) is 0 Å². The molecule has 2 unspecified atom stereocenters. The first-order chi connectivity index (χ1) is 23.0. The number of aromatic nitrogens is 5. The van der Waals surface area contributed by atoms with E-state index in [1.54, 1.807) is 25.3 Å². The van der Waals surface area contributed by atoms with Crippen molar-refractivity contribution in [3.63, 3.8) is 0 Å². The van der Waals surface area contributed by atoms with Crippen LogP contribution in [0.15, 0.2) is 65.9 Å². The van der Waals surface area contributed by atoms with E-state index in [1.807, 2.05) is 49.1 Å². The minimum atomic E-state index is -2.47. The van der Waals surface area contributed by atoms with Crippen molar-refractivity contribution in [3.8, 4) is 28.5 Å². The highest BCUT2D eigenvalue weighted by Crippen LogP contribution is 2.51. The lowest BCUT2D eigenvalue weighted by molar-refractivity contribution is -0.111. The van der Waals surface area contributed by atoms with Gasteiger partial charge in [0.15, 0.2) is 0 Å². The van der Waals surface area contributed by atoms with E-state index in [0.717, 1.165) is 35.6 Å². The topological polar surface area (TPSA) is 126 Å². The number of para-hydroxylation sites is 1. The van der Waals surface area contributed by atoms with E-state index in [1.165, 1.54) is 12.0 Å². The molecule has 1 saturated heterocycles. The molecule has 5 aromatic rings. The van der Waals surface area contributed by atoms with E-state index < -0.39 is 12.9 Å². The van der Waals surface area contributed by atoms with E-state index in [2.05, 4.69) is 37.3 Å². The van der Waals surface area contributed by atoms with E-state index in [0.29, 0.717) is 34.3 Å². The van der Waals surface area contributed by atoms with Crippen LogP contribution in [0.4, 0.5) is 23.0 Å². The Bertz CT molecular complexity index is 2050. The summed E-state index contributed by atoms with van der Waals surface area (Å²) in [6.07, 6.45) is 4.73. The van der Waals surface area contributed by atoms with Crippen LogP contribution in [0.25, 0.3) is 33.6 Å². The largest absolute Gasteiger partial charge is 0.494 e. The lowest BCUT2D eigenvalue weighted by atomic mass is 10.1. The summed E-state index contributed by atoms with van der Waals surface area (Å²) >= 11 is 0. The molecule has 45 heavy (non-hydrogen) atoms. The first-order valence-corrected chi connectivity index (χ1v) is 14.6. The molecule has 1 saturated carbocycles. The van der Waals surface area contributed by atoms with E-state index in [-0.39, 0.29) is 35.4 Å². The van der Waals surface area contributed by atoms with Crippen molar-refractivity contribution in [3.05, 3.63) is 67.3 Å². The summed E-state index contributed by atoms with van der Waals surface area (Å²) in [6, 6.07) is 11.0. The van der Waals surface area contributed by atoms with Gasteiger partial charge < -0.3 is 34.2 Å². The highest BCUT2D eigenvalue weighted by Gasteiger charge is 2.57. The SMILES string of the molecule is [2H]C([2H])([2H])N(c1cc(OC)c(Nc2ncc(-c3nnc(C)o3)c(-c3cn(C)c4ccccc34)n2)cc1NC(=O)C=C)C1C2CN(C)CC21. The summed E-state index contributed by atoms with van der Waals surface area (Å²) in [4.78, 5) is 25.8. The second kappa shape index (κ2) is 11.0. The van der Waals surface area contributed by atoms with Gasteiger partial charge in [-0.1, -0.05) is 24.8 Å². The number of methoxy groups -OCH3 is 1. The molecule has 2 N–H and O–H groups in total. The van der Waals surface area contributed by atoms with Crippen LogP contribution in [0.1, 0.15) is 10.0 Å². The molecule has 0 spiro atoms. The van der Waals surface area contributed by atoms with Gasteiger partial charge in [-0.25, -0.2) is 9.97 Å². The molecular weight excluding hydrogens is 570 g/mol. The number of hydrogen-bond acceptors (Lipinski definition) is 10. The van der Waals surface area contributed by atoms with Crippen molar-refractivity contribution < 1.29 is 18.1 Å². The number of aryl methyl sites for hydroxylation is 2. The van der Waals surface area contributed by atoms with Crippen LogP contribution in [0.5, 0.6) is 5.75 Å². The highest BCUT2D eigenvalue weighted by molar-refractivity contribution is 6.02. The second-order valence-electron chi connectivity index (χ2n) is 11.6. The Kier molecular flexibility index (Phi) is 6.17. The van der Waals surface area contributed by atoms with Gasteiger partial charge in [-0.15, -0.1) is 10.2 Å². The zero-order chi connectivity index (χ0) is 33.9. The average molecular weight is 609 g/mol. The van der Waals surface area contributed by atoms with Crippen molar-refractivity contribution in [1.29, 1.82) is 0 Å². The van der Waals surface area contributed by atoms with E-state index >= 15 is 0 Å². The van der Waals surface area contributed by atoms with Crippen molar-refractivity contribution >= 4 is 39.8 Å². The van der Waals surface area contributed by atoms with Gasteiger partial charge in [0.2, 0.25) is 17.7 Å². The summed E-state index contributed by atoms with van der Waals surface area (Å²) in [5, 5.41) is 15.2. The number of anilines is 4. The van der Waals surface area contributed by atoms with Gasteiger partial charge in [-0.3, -0.25) is 4.79 Å². The van der Waals surface area contributed by atoms with Crippen molar-refractivity contribution in [2.45, 2.75) is 13.0 Å². The first-order valence-electron chi connectivity index (χ1n) is 16.1. The van der Waals surface area contributed by atoms with Gasteiger partial charge in [-0.05, 0) is 37.1 Å². The van der Waals surface area contributed by atoms with Crippen LogP contribution >= 0.6 is 0 Å². The summed E-state index contributed by atoms with van der Waals surface area (Å²) in [5.74, 6) is 1.18. The number of amides is 1. The number of piperidine rings is 1. The van der Waals surface area contributed by atoms with E-state index in [4.69, 9.17) is 18.3 Å². The number of carbonyl (C=O) groups is 1. The standard InChI is InChI=1S/C33H35N9O3/c1-7-29(43)35-24-12-25(28(44-6)13-27(24)42(5)31-22-15-40(3)16-23(22)31)36-33-34-14-20(32-39-38-18(2)45-32)30(37-33)21-17-41(4)26-11-9-8-10-19(21)26/h7-14,17,22-23,31H,1,15-16H2,2-6H3,(H,35,43)(H,34,36,37)/i5D3. The fraction of sp³-hybridized carbons (Fsp3) is 0.303. The normalized spacial score (nSPS) is 20.2. The Morgan fingerprint density at radius 3 is 2.69 bits per heavy atom. The number of rotatable bonds is 9. The number of hydrogen-bond donors (Lipinski definition) is 2. The molecule has 2 aromatic carbocycles. The molecule has 230 valence electrons. The molecule has 1 amide bonds. The fourth-order valence-corrected chi connectivity index (χ4v) is 6.43. The maximum atomic E-state index is 12.6. The average Bonchev–Trinajstić information content (AvgIpc) is 3.40. The Morgan fingerprint density at radius 1 is 1.18 bits per heavy atom. The van der Waals surface area contributed by atoms with Gasteiger partial charge in [0.05, 0.1) is 35.4 Å². The highest BCUT2D eigenvalue weighted by atomic mass is 16.5. The smallest absolute Gasteiger partial charge is 0.251 e. The summed E-state index contributed by atoms with van der Waals surface area (Å²) in [5.41, 5.74) is 3.97. The molecule has 2 fully saturated rings. The number of nitrogens with one attached hydrogen (secondary N) is 2. The molecular formula is C33H35N9O3. The van der Waals surface area contributed by atoms with Crippen LogP contribution < -0.4 is 20.3 Å². The number of likely N-dealkylation sites (tertiary alicyclic amines) is 1. The Balaban J connectivity index is 1.33. The first kappa shape index (κ1) is 25.1. The third-order valence-electron chi connectivity index (χ3n) is 8.59. The number of ether oxygens (including phenoxy) is 1. The Labute approximate surface area is 264 Å². The zero-order valence-electron chi connectivity index (χ0n) is 28.4. The third-order valence-corrected chi connectivity index (χ3v) is 8.59. The zero-order valence-corrected chi connectivity index (χ0v) is 25.4. The van der Waals surface area contributed by atoms with Gasteiger partial charge in [-0.2, -0.15) is 0 Å². The lowest BCUT2D eigenvalue weighted by Crippen LogP contribution is -2.31. The maximum absolute atomic E-state index is 12.6. The quantitative estimate of drug-likeness (QED) is 0.224. The number of fused-ring (bicyclic) bond motifs is 2. The van der Waals surface area contributed by atoms with Crippen LogP contribution in [-0.4, -0.2) is 75.8 Å². The minimum absolute atomic E-state index is 0.205. The van der Waals surface area contributed by atoms with Crippen LogP contribution in [0.3, 0.4) is 0 Å². The van der Waals surface area contributed by atoms with Gasteiger partial charge in [0.1, 0.15) is 5.75 Å². The predicted octanol–water partition coefficient (Wildman–Crippen LogP) is 4.87. The van der Waals surface area contributed by atoms with Gasteiger partial charge >= 0.3 is 0 Å². The minimum Gasteiger partial charge on any atom is -0.494 e. The van der Waals surface area contributed by atoms with Gasteiger partial charge in [0.25, 0.3) is 5.89 Å². The summed E-state index contributed by atoms with van der Waals surface area (Å²) in [6.45, 7) is 4.44. The maximum Gasteiger partial charge on any atom is 0.251 e. The molecule has 2 aliphatic rings. The molecule has 0 radical (unpaired) electrons. The van der Waals surface area contributed by atoms with Crippen LogP contribution in [-0.2, 0) is 11.8 Å². The molecule has 3 aromatic heterocycles. The van der Waals surface area contributed by atoms with Crippen molar-refractivity contribution in [1.82, 2.24) is 29.6 Å². The summed E-state index contributed by atoms with van der Waals surface area (Å²) < 4.78 is 39.0. The molecule has 2 atom stereocenters. The molecule has 12 heteroatoms. The summed E-state index contributed by atoms with van der Waals surface area (Å²) in [7, 11) is 5.49. The number of nitrogens with zero attached hydrogens (tertiary/aromatic N) is 7. The fourth-order valence-electron chi connectivity index (χ4n) is 6.43. The van der Waals surface area contributed by atoms with Gasteiger partial charge in [0, 0.05) is 79.1 Å². The molecule has 7 rings (SSSR count). The predicted molar refractivity (Wildman–Crippen MR) is 174 cm³/mol. The molecule has 12 nitrogen and oxygen atoms in total.